The molecule has 0 aliphatic heterocycles. The second-order valence-electron chi connectivity index (χ2n) is 5.29. The zero-order valence-corrected chi connectivity index (χ0v) is 12.9. The predicted octanol–water partition coefficient (Wildman–Crippen LogP) is 3.11. The van der Waals surface area contributed by atoms with Gasteiger partial charge in [-0.1, -0.05) is 22.9 Å². The smallest absolute Gasteiger partial charge is 0.119 e. The number of benzene rings is 1. The molecule has 1 aromatic rings. The molecule has 1 atom stereocenters. The van der Waals surface area contributed by atoms with Crippen LogP contribution < -0.4 is 10.1 Å². The van der Waals surface area contributed by atoms with E-state index in [2.05, 4.69) is 28.2 Å². The van der Waals surface area contributed by atoms with Gasteiger partial charge in [-0.2, -0.15) is 0 Å². The highest BCUT2D eigenvalue weighted by molar-refractivity contribution is 9.10. The fourth-order valence-corrected chi connectivity index (χ4v) is 2.64. The Morgan fingerprint density at radius 1 is 1.37 bits per heavy atom. The van der Waals surface area contributed by atoms with Gasteiger partial charge < -0.3 is 15.2 Å². The SMILES string of the molecule is CCC1(NCC(O)COc2ccc(Br)cc2)CCC1. The van der Waals surface area contributed by atoms with Gasteiger partial charge in [0, 0.05) is 16.6 Å². The van der Waals surface area contributed by atoms with Gasteiger partial charge in [0.1, 0.15) is 18.5 Å². The molecule has 0 saturated heterocycles. The second-order valence-corrected chi connectivity index (χ2v) is 6.20. The van der Waals surface area contributed by atoms with Crippen LogP contribution >= 0.6 is 15.9 Å². The van der Waals surface area contributed by atoms with Crippen LogP contribution in [0.25, 0.3) is 0 Å². The molecule has 106 valence electrons. The number of β-amino-alcohol motifs (C(OH)–C–C–N with tert-alkyl or cyclic N) is 1. The molecule has 3 nitrogen and oxygen atoms in total. The Morgan fingerprint density at radius 3 is 2.58 bits per heavy atom. The lowest BCUT2D eigenvalue weighted by Gasteiger charge is -2.42. The Bertz CT molecular complexity index is 384. The topological polar surface area (TPSA) is 41.5 Å². The number of ether oxygens (including phenoxy) is 1. The molecular formula is C15H22BrNO2. The van der Waals surface area contributed by atoms with E-state index in [-0.39, 0.29) is 5.54 Å². The Labute approximate surface area is 123 Å². The Balaban J connectivity index is 1.69. The zero-order valence-electron chi connectivity index (χ0n) is 11.4. The molecule has 0 radical (unpaired) electrons. The molecule has 0 bridgehead atoms. The molecule has 1 aliphatic rings. The lowest BCUT2D eigenvalue weighted by Crippen LogP contribution is -2.53. The first-order valence-corrected chi connectivity index (χ1v) is 7.74. The van der Waals surface area contributed by atoms with Crippen LogP contribution in [0.3, 0.4) is 0 Å². The first kappa shape index (κ1) is 14.8. The normalized spacial score (nSPS) is 18.7. The Hall–Kier alpha value is -0.580. The highest BCUT2D eigenvalue weighted by Crippen LogP contribution is 2.34. The summed E-state index contributed by atoms with van der Waals surface area (Å²) in [5, 5.41) is 13.4. The summed E-state index contributed by atoms with van der Waals surface area (Å²) in [7, 11) is 0. The van der Waals surface area contributed by atoms with Crippen LogP contribution in [0, 0.1) is 0 Å². The van der Waals surface area contributed by atoms with Crippen molar-refractivity contribution in [3.63, 3.8) is 0 Å². The molecular weight excluding hydrogens is 306 g/mol. The highest BCUT2D eigenvalue weighted by Gasteiger charge is 2.34. The minimum Gasteiger partial charge on any atom is -0.491 e. The highest BCUT2D eigenvalue weighted by atomic mass is 79.9. The van der Waals surface area contributed by atoms with E-state index in [1.54, 1.807) is 0 Å². The lowest BCUT2D eigenvalue weighted by molar-refractivity contribution is 0.0811. The Morgan fingerprint density at radius 2 is 2.05 bits per heavy atom. The molecule has 1 fully saturated rings. The number of aliphatic hydroxyl groups is 1. The van der Waals surface area contributed by atoms with E-state index < -0.39 is 6.10 Å². The summed E-state index contributed by atoms with van der Waals surface area (Å²) in [6.45, 7) is 3.13. The van der Waals surface area contributed by atoms with Crippen LogP contribution in [0.15, 0.2) is 28.7 Å². The van der Waals surface area contributed by atoms with Gasteiger partial charge >= 0.3 is 0 Å². The number of aliphatic hydroxyl groups excluding tert-OH is 1. The number of rotatable bonds is 7. The van der Waals surface area contributed by atoms with Gasteiger partial charge in [0.2, 0.25) is 0 Å². The maximum atomic E-state index is 9.95. The molecule has 1 saturated carbocycles. The van der Waals surface area contributed by atoms with Gasteiger partial charge in [-0.05, 0) is 49.9 Å². The second kappa shape index (κ2) is 6.73. The van der Waals surface area contributed by atoms with Gasteiger partial charge in [-0.3, -0.25) is 0 Å². The zero-order chi connectivity index (χ0) is 13.7. The van der Waals surface area contributed by atoms with E-state index in [4.69, 9.17) is 4.74 Å². The van der Waals surface area contributed by atoms with E-state index in [0.29, 0.717) is 13.2 Å². The van der Waals surface area contributed by atoms with Crippen LogP contribution in [0.5, 0.6) is 5.75 Å². The fraction of sp³-hybridized carbons (Fsp3) is 0.600. The van der Waals surface area contributed by atoms with Crippen molar-refractivity contribution in [1.82, 2.24) is 5.32 Å². The van der Waals surface area contributed by atoms with Crippen molar-refractivity contribution < 1.29 is 9.84 Å². The van der Waals surface area contributed by atoms with Crippen molar-refractivity contribution in [2.24, 2.45) is 0 Å². The maximum Gasteiger partial charge on any atom is 0.119 e. The lowest BCUT2D eigenvalue weighted by atomic mass is 9.75. The van der Waals surface area contributed by atoms with Crippen LogP contribution in [0.1, 0.15) is 32.6 Å². The molecule has 19 heavy (non-hydrogen) atoms. The van der Waals surface area contributed by atoms with Crippen molar-refractivity contribution in [3.05, 3.63) is 28.7 Å². The third-order valence-corrected chi connectivity index (χ3v) is 4.48. The first-order valence-electron chi connectivity index (χ1n) is 6.95. The van der Waals surface area contributed by atoms with Crippen molar-refractivity contribution in [2.75, 3.05) is 13.2 Å². The van der Waals surface area contributed by atoms with Crippen molar-refractivity contribution >= 4 is 15.9 Å². The van der Waals surface area contributed by atoms with E-state index in [0.717, 1.165) is 16.6 Å². The van der Waals surface area contributed by atoms with Gasteiger partial charge in [0.15, 0.2) is 0 Å². The van der Waals surface area contributed by atoms with E-state index in [9.17, 15) is 5.11 Å². The molecule has 0 amide bonds. The molecule has 1 aromatic carbocycles. The van der Waals surface area contributed by atoms with Crippen molar-refractivity contribution in [2.45, 2.75) is 44.2 Å². The molecule has 1 unspecified atom stereocenters. The summed E-state index contributed by atoms with van der Waals surface area (Å²) in [4.78, 5) is 0. The van der Waals surface area contributed by atoms with Crippen LogP contribution in [-0.2, 0) is 0 Å². The van der Waals surface area contributed by atoms with E-state index in [1.807, 2.05) is 24.3 Å². The maximum absolute atomic E-state index is 9.95. The molecule has 0 heterocycles. The number of hydrogen-bond acceptors (Lipinski definition) is 3. The standard InChI is InChI=1S/C15H22BrNO2/c1-2-15(8-3-9-15)17-10-13(18)11-19-14-6-4-12(16)5-7-14/h4-7,13,17-18H,2-3,8-11H2,1H3. The summed E-state index contributed by atoms with van der Waals surface area (Å²) in [6, 6.07) is 7.65. The Kier molecular flexibility index (Phi) is 5.25. The summed E-state index contributed by atoms with van der Waals surface area (Å²) in [5.74, 6) is 0.788. The average molecular weight is 328 g/mol. The van der Waals surface area contributed by atoms with Crippen LogP contribution in [0.2, 0.25) is 0 Å². The number of halogens is 1. The summed E-state index contributed by atoms with van der Waals surface area (Å²) >= 11 is 3.38. The molecule has 0 spiro atoms. The third kappa shape index (κ3) is 4.20. The van der Waals surface area contributed by atoms with Crippen molar-refractivity contribution in [1.29, 1.82) is 0 Å². The molecule has 0 aromatic heterocycles. The molecule has 2 N–H and O–H groups in total. The number of hydrogen-bond donors (Lipinski definition) is 2. The van der Waals surface area contributed by atoms with Gasteiger partial charge in [0.05, 0.1) is 0 Å². The summed E-state index contributed by atoms with van der Waals surface area (Å²) in [5.41, 5.74) is 0.276. The first-order chi connectivity index (χ1) is 9.13. The van der Waals surface area contributed by atoms with Gasteiger partial charge in [-0.25, -0.2) is 0 Å². The minimum absolute atomic E-state index is 0.276. The predicted molar refractivity (Wildman–Crippen MR) is 80.5 cm³/mol. The average Bonchev–Trinajstić information content (AvgIpc) is 2.37. The van der Waals surface area contributed by atoms with E-state index >= 15 is 0 Å². The summed E-state index contributed by atoms with van der Waals surface area (Å²) < 4.78 is 6.59. The fourth-order valence-electron chi connectivity index (χ4n) is 2.38. The van der Waals surface area contributed by atoms with Gasteiger partial charge in [0.25, 0.3) is 0 Å². The third-order valence-electron chi connectivity index (χ3n) is 3.96. The van der Waals surface area contributed by atoms with Crippen molar-refractivity contribution in [3.8, 4) is 5.75 Å². The molecule has 1 aliphatic carbocycles. The molecule has 2 rings (SSSR count). The van der Waals surface area contributed by atoms with Gasteiger partial charge in [-0.15, -0.1) is 0 Å². The van der Waals surface area contributed by atoms with E-state index in [1.165, 1.54) is 19.3 Å². The monoisotopic (exact) mass is 327 g/mol. The van der Waals surface area contributed by atoms with Crippen LogP contribution in [0.4, 0.5) is 0 Å². The quantitative estimate of drug-likeness (QED) is 0.808. The minimum atomic E-state index is -0.465. The summed E-state index contributed by atoms with van der Waals surface area (Å²) in [6.07, 6.45) is 4.42. The largest absolute Gasteiger partial charge is 0.491 e. The number of nitrogens with one attached hydrogen (secondary N) is 1. The van der Waals surface area contributed by atoms with Crippen LogP contribution in [-0.4, -0.2) is 29.9 Å². The molecule has 4 heteroatoms.